The fraction of sp³-hybridized carbons (Fsp3) is 0.500. The van der Waals surface area contributed by atoms with Crippen molar-refractivity contribution in [1.29, 1.82) is 0 Å². The van der Waals surface area contributed by atoms with E-state index in [1.807, 2.05) is 0 Å². The molecule has 1 aliphatic rings. The molecule has 1 aromatic carbocycles. The Morgan fingerprint density at radius 2 is 2.00 bits per heavy atom. The normalized spacial score (nSPS) is 27.9. The molecule has 15 heavy (non-hydrogen) atoms. The standard InChI is InChI=1S/C12H16BrNO/c1-12(9-14(2)7-8-15-12)10-3-5-11(13)6-4-10/h3-6H,7-9H2,1-2H3. The summed E-state index contributed by atoms with van der Waals surface area (Å²) in [5, 5.41) is 0. The lowest BCUT2D eigenvalue weighted by molar-refractivity contribution is -0.0963. The van der Waals surface area contributed by atoms with Gasteiger partial charge in [-0.05, 0) is 31.7 Å². The minimum absolute atomic E-state index is 0.159. The number of nitrogens with zero attached hydrogens (tertiary/aromatic N) is 1. The lowest BCUT2D eigenvalue weighted by atomic mass is 9.94. The van der Waals surface area contributed by atoms with E-state index in [2.05, 4.69) is 59.1 Å². The van der Waals surface area contributed by atoms with E-state index >= 15 is 0 Å². The van der Waals surface area contributed by atoms with Crippen molar-refractivity contribution in [3.63, 3.8) is 0 Å². The molecule has 1 aromatic rings. The Hall–Kier alpha value is -0.380. The SMILES string of the molecule is CN1CCOC(C)(c2ccc(Br)cc2)C1. The minimum atomic E-state index is -0.159. The van der Waals surface area contributed by atoms with Crippen LogP contribution in [0.25, 0.3) is 0 Å². The Morgan fingerprint density at radius 3 is 2.60 bits per heavy atom. The highest BCUT2D eigenvalue weighted by Crippen LogP contribution is 2.29. The van der Waals surface area contributed by atoms with E-state index in [0.29, 0.717) is 0 Å². The zero-order chi connectivity index (χ0) is 10.9. The summed E-state index contributed by atoms with van der Waals surface area (Å²) in [6, 6.07) is 8.39. The Kier molecular flexibility index (Phi) is 3.14. The highest BCUT2D eigenvalue weighted by molar-refractivity contribution is 9.10. The molecule has 0 spiro atoms. The van der Waals surface area contributed by atoms with Crippen LogP contribution in [-0.2, 0) is 10.3 Å². The predicted octanol–water partition coefficient (Wildman–Crippen LogP) is 2.63. The molecule has 0 saturated carbocycles. The molecular formula is C12H16BrNO. The fourth-order valence-corrected chi connectivity index (χ4v) is 2.31. The first-order chi connectivity index (χ1) is 7.10. The van der Waals surface area contributed by atoms with Crippen molar-refractivity contribution < 1.29 is 4.74 Å². The largest absolute Gasteiger partial charge is 0.368 e. The quantitative estimate of drug-likeness (QED) is 0.777. The van der Waals surface area contributed by atoms with Gasteiger partial charge in [0, 0.05) is 17.6 Å². The Labute approximate surface area is 99.4 Å². The number of hydrogen-bond acceptors (Lipinski definition) is 2. The highest BCUT2D eigenvalue weighted by Gasteiger charge is 2.32. The van der Waals surface area contributed by atoms with E-state index in [1.165, 1.54) is 5.56 Å². The number of morpholine rings is 1. The first kappa shape index (κ1) is 11.1. The zero-order valence-corrected chi connectivity index (χ0v) is 10.8. The average molecular weight is 270 g/mol. The van der Waals surface area contributed by atoms with Crippen LogP contribution in [0.4, 0.5) is 0 Å². The smallest absolute Gasteiger partial charge is 0.103 e. The molecule has 0 aromatic heterocycles. The highest BCUT2D eigenvalue weighted by atomic mass is 79.9. The molecule has 1 saturated heterocycles. The summed E-state index contributed by atoms with van der Waals surface area (Å²) in [7, 11) is 2.14. The van der Waals surface area contributed by atoms with Crippen LogP contribution in [0.5, 0.6) is 0 Å². The van der Waals surface area contributed by atoms with E-state index in [9.17, 15) is 0 Å². The average Bonchev–Trinajstić information content (AvgIpc) is 2.18. The molecule has 1 unspecified atom stereocenters. The Bertz CT molecular complexity index is 338. The van der Waals surface area contributed by atoms with E-state index in [0.717, 1.165) is 24.2 Å². The summed E-state index contributed by atoms with van der Waals surface area (Å²) < 4.78 is 7.01. The molecule has 1 aliphatic heterocycles. The van der Waals surface area contributed by atoms with Crippen LogP contribution in [-0.4, -0.2) is 31.6 Å². The maximum absolute atomic E-state index is 5.90. The van der Waals surface area contributed by atoms with Gasteiger partial charge in [0.1, 0.15) is 5.60 Å². The molecule has 82 valence electrons. The molecule has 1 atom stereocenters. The van der Waals surface area contributed by atoms with Gasteiger partial charge in [0.05, 0.1) is 6.61 Å². The second kappa shape index (κ2) is 4.24. The number of halogens is 1. The van der Waals surface area contributed by atoms with Crippen molar-refractivity contribution in [1.82, 2.24) is 4.90 Å². The monoisotopic (exact) mass is 269 g/mol. The molecule has 1 fully saturated rings. The van der Waals surface area contributed by atoms with Gasteiger partial charge in [-0.2, -0.15) is 0 Å². The van der Waals surface area contributed by atoms with Gasteiger partial charge in [0.25, 0.3) is 0 Å². The van der Waals surface area contributed by atoms with Gasteiger partial charge in [-0.25, -0.2) is 0 Å². The Balaban J connectivity index is 2.24. The van der Waals surface area contributed by atoms with Crippen LogP contribution in [0.1, 0.15) is 12.5 Å². The molecule has 0 radical (unpaired) electrons. The fourth-order valence-electron chi connectivity index (χ4n) is 2.04. The maximum Gasteiger partial charge on any atom is 0.103 e. The molecular weight excluding hydrogens is 254 g/mol. The second-order valence-corrected chi connectivity index (χ2v) is 5.24. The third kappa shape index (κ3) is 2.41. The molecule has 3 heteroatoms. The van der Waals surface area contributed by atoms with Crippen molar-refractivity contribution in [2.45, 2.75) is 12.5 Å². The van der Waals surface area contributed by atoms with Crippen molar-refractivity contribution in [3.8, 4) is 0 Å². The summed E-state index contributed by atoms with van der Waals surface area (Å²) in [6.07, 6.45) is 0. The lowest BCUT2D eigenvalue weighted by Gasteiger charge is -2.39. The van der Waals surface area contributed by atoms with Gasteiger partial charge in [-0.15, -0.1) is 0 Å². The van der Waals surface area contributed by atoms with Crippen LogP contribution in [0.3, 0.4) is 0 Å². The first-order valence-electron chi connectivity index (χ1n) is 5.19. The zero-order valence-electron chi connectivity index (χ0n) is 9.16. The Morgan fingerprint density at radius 1 is 1.33 bits per heavy atom. The summed E-state index contributed by atoms with van der Waals surface area (Å²) >= 11 is 3.45. The first-order valence-corrected chi connectivity index (χ1v) is 5.98. The van der Waals surface area contributed by atoms with Crippen molar-refractivity contribution >= 4 is 15.9 Å². The maximum atomic E-state index is 5.90. The van der Waals surface area contributed by atoms with Gasteiger partial charge in [0.15, 0.2) is 0 Å². The van der Waals surface area contributed by atoms with E-state index in [1.54, 1.807) is 0 Å². The lowest BCUT2D eigenvalue weighted by Crippen LogP contribution is -2.46. The number of hydrogen-bond donors (Lipinski definition) is 0. The third-order valence-electron chi connectivity index (χ3n) is 2.92. The van der Waals surface area contributed by atoms with Gasteiger partial charge in [-0.3, -0.25) is 0 Å². The van der Waals surface area contributed by atoms with Crippen molar-refractivity contribution in [3.05, 3.63) is 34.3 Å². The van der Waals surface area contributed by atoms with E-state index in [4.69, 9.17) is 4.74 Å². The van der Waals surface area contributed by atoms with Crippen LogP contribution in [0.2, 0.25) is 0 Å². The molecule has 2 rings (SSSR count). The van der Waals surface area contributed by atoms with Crippen molar-refractivity contribution in [2.24, 2.45) is 0 Å². The summed E-state index contributed by atoms with van der Waals surface area (Å²) in [5.74, 6) is 0. The predicted molar refractivity (Wildman–Crippen MR) is 64.9 cm³/mol. The van der Waals surface area contributed by atoms with Crippen LogP contribution in [0.15, 0.2) is 28.7 Å². The van der Waals surface area contributed by atoms with E-state index < -0.39 is 0 Å². The van der Waals surface area contributed by atoms with Crippen LogP contribution < -0.4 is 0 Å². The van der Waals surface area contributed by atoms with Gasteiger partial charge >= 0.3 is 0 Å². The number of rotatable bonds is 1. The number of likely N-dealkylation sites (N-methyl/N-ethyl adjacent to an activating group) is 1. The molecule has 0 bridgehead atoms. The van der Waals surface area contributed by atoms with Crippen LogP contribution >= 0.6 is 15.9 Å². The molecule has 2 nitrogen and oxygen atoms in total. The third-order valence-corrected chi connectivity index (χ3v) is 3.45. The molecule has 0 N–H and O–H groups in total. The molecule has 0 amide bonds. The summed E-state index contributed by atoms with van der Waals surface area (Å²) in [5.41, 5.74) is 1.09. The molecule has 1 heterocycles. The number of ether oxygens (including phenoxy) is 1. The second-order valence-electron chi connectivity index (χ2n) is 4.32. The van der Waals surface area contributed by atoms with Gasteiger partial charge in [0.2, 0.25) is 0 Å². The van der Waals surface area contributed by atoms with Crippen LogP contribution in [0, 0.1) is 0 Å². The summed E-state index contributed by atoms with van der Waals surface area (Å²) in [4.78, 5) is 2.31. The minimum Gasteiger partial charge on any atom is -0.368 e. The van der Waals surface area contributed by atoms with Gasteiger partial charge < -0.3 is 9.64 Å². The topological polar surface area (TPSA) is 12.5 Å². The molecule has 0 aliphatic carbocycles. The van der Waals surface area contributed by atoms with Gasteiger partial charge in [-0.1, -0.05) is 28.1 Å². The number of benzene rings is 1. The van der Waals surface area contributed by atoms with E-state index in [-0.39, 0.29) is 5.60 Å². The summed E-state index contributed by atoms with van der Waals surface area (Å²) in [6.45, 7) is 4.94. The van der Waals surface area contributed by atoms with Crippen molar-refractivity contribution in [2.75, 3.05) is 26.7 Å².